The molecule has 1 fully saturated rings. The Morgan fingerprint density at radius 1 is 1.19 bits per heavy atom. The molecule has 1 saturated heterocycles. The van der Waals surface area contributed by atoms with Gasteiger partial charge in [-0.3, -0.25) is 9.59 Å². The van der Waals surface area contributed by atoms with E-state index in [1.54, 1.807) is 12.1 Å². The van der Waals surface area contributed by atoms with E-state index in [1.807, 2.05) is 0 Å². The number of methoxy groups -OCH3 is 1. The van der Waals surface area contributed by atoms with Crippen LogP contribution >= 0.6 is 0 Å². The van der Waals surface area contributed by atoms with Crippen molar-refractivity contribution in [3.8, 4) is 5.75 Å². The molecule has 0 radical (unpaired) electrons. The molecule has 3 N–H and O–H groups in total. The second-order valence-electron chi connectivity index (χ2n) is 5.94. The maximum absolute atomic E-state index is 12.7. The predicted octanol–water partition coefficient (Wildman–Crippen LogP) is -0.280. The molecule has 1 aromatic rings. The van der Waals surface area contributed by atoms with E-state index in [1.165, 1.54) is 28.4 Å². The number of benzene rings is 1. The predicted molar refractivity (Wildman–Crippen MR) is 93.2 cm³/mol. The minimum absolute atomic E-state index is 0.0265. The average molecular weight is 385 g/mol. The zero-order chi connectivity index (χ0) is 19.3. The fourth-order valence-electron chi connectivity index (χ4n) is 2.64. The number of piperazine rings is 1. The number of carbonyl (C=O) groups is 2. The highest BCUT2D eigenvalue weighted by molar-refractivity contribution is 7.89. The van der Waals surface area contributed by atoms with Crippen LogP contribution in [0, 0.1) is 0 Å². The number of hydrogen-bond acceptors (Lipinski definition) is 6. The van der Waals surface area contributed by atoms with Gasteiger partial charge in [0, 0.05) is 32.6 Å². The molecule has 1 heterocycles. The minimum Gasteiger partial charge on any atom is -0.497 e. The average Bonchev–Trinajstić information content (AvgIpc) is 2.65. The SMILES string of the molecule is COc1ccc(S(=O)(=O)N2CCN(C(=O)CC[C@H](N)C(=O)O)CC2)cc1. The third kappa shape index (κ3) is 4.71. The van der Waals surface area contributed by atoms with Gasteiger partial charge in [0.05, 0.1) is 12.0 Å². The number of carboxylic acid groups (broad SMARTS) is 1. The first kappa shape index (κ1) is 20.1. The van der Waals surface area contributed by atoms with Crippen LogP contribution in [0.5, 0.6) is 5.75 Å². The molecule has 144 valence electrons. The monoisotopic (exact) mass is 385 g/mol. The molecule has 1 aliphatic heterocycles. The Balaban J connectivity index is 1.92. The molecule has 0 unspecified atom stereocenters. The van der Waals surface area contributed by atoms with Gasteiger partial charge in [0.1, 0.15) is 11.8 Å². The summed E-state index contributed by atoms with van der Waals surface area (Å²) in [4.78, 5) is 24.5. The fraction of sp³-hybridized carbons (Fsp3) is 0.500. The van der Waals surface area contributed by atoms with E-state index in [2.05, 4.69) is 0 Å². The summed E-state index contributed by atoms with van der Waals surface area (Å²) in [7, 11) is -2.13. The Morgan fingerprint density at radius 2 is 1.77 bits per heavy atom. The summed E-state index contributed by atoms with van der Waals surface area (Å²) in [6.07, 6.45) is 0.0806. The number of sulfonamides is 1. The van der Waals surface area contributed by atoms with Crippen LogP contribution in [0.25, 0.3) is 0 Å². The number of nitrogens with two attached hydrogens (primary N) is 1. The highest BCUT2D eigenvalue weighted by Crippen LogP contribution is 2.21. The van der Waals surface area contributed by atoms with Crippen LogP contribution in [0.3, 0.4) is 0 Å². The van der Waals surface area contributed by atoms with Gasteiger partial charge in [-0.25, -0.2) is 8.42 Å². The van der Waals surface area contributed by atoms with Crippen molar-refractivity contribution in [2.75, 3.05) is 33.3 Å². The molecule has 1 aliphatic rings. The first-order chi connectivity index (χ1) is 12.3. The van der Waals surface area contributed by atoms with Gasteiger partial charge in [0.15, 0.2) is 0 Å². The number of carbonyl (C=O) groups excluding carboxylic acids is 1. The fourth-order valence-corrected chi connectivity index (χ4v) is 4.06. The van der Waals surface area contributed by atoms with Crippen LogP contribution in [0.1, 0.15) is 12.8 Å². The van der Waals surface area contributed by atoms with Gasteiger partial charge in [-0.15, -0.1) is 0 Å². The number of hydrogen-bond donors (Lipinski definition) is 2. The van der Waals surface area contributed by atoms with Crippen molar-refractivity contribution in [2.45, 2.75) is 23.8 Å². The Labute approximate surface area is 152 Å². The third-order valence-electron chi connectivity index (χ3n) is 4.27. The lowest BCUT2D eigenvalue weighted by molar-refractivity contribution is -0.139. The zero-order valence-electron chi connectivity index (χ0n) is 14.5. The minimum atomic E-state index is -3.63. The number of nitrogens with zero attached hydrogens (tertiary/aromatic N) is 2. The smallest absolute Gasteiger partial charge is 0.320 e. The summed E-state index contributed by atoms with van der Waals surface area (Å²) < 4.78 is 31.7. The molecule has 10 heteroatoms. The van der Waals surface area contributed by atoms with Crippen molar-refractivity contribution in [2.24, 2.45) is 5.73 Å². The van der Waals surface area contributed by atoms with E-state index in [-0.39, 0.29) is 49.8 Å². The lowest BCUT2D eigenvalue weighted by Crippen LogP contribution is -2.50. The molecule has 0 bridgehead atoms. The molecule has 0 aromatic heterocycles. The van der Waals surface area contributed by atoms with Crippen LogP contribution in [-0.2, 0) is 19.6 Å². The van der Waals surface area contributed by atoms with Crippen molar-refractivity contribution in [1.82, 2.24) is 9.21 Å². The Bertz CT molecular complexity index is 742. The lowest BCUT2D eigenvalue weighted by Gasteiger charge is -2.34. The van der Waals surface area contributed by atoms with E-state index >= 15 is 0 Å². The van der Waals surface area contributed by atoms with Gasteiger partial charge in [0.2, 0.25) is 15.9 Å². The molecule has 9 nitrogen and oxygen atoms in total. The van der Waals surface area contributed by atoms with E-state index in [9.17, 15) is 18.0 Å². The summed E-state index contributed by atoms with van der Waals surface area (Å²) >= 11 is 0. The number of aliphatic carboxylic acids is 1. The first-order valence-electron chi connectivity index (χ1n) is 8.16. The molecular weight excluding hydrogens is 362 g/mol. The molecule has 0 spiro atoms. The number of carboxylic acids is 1. The van der Waals surface area contributed by atoms with Gasteiger partial charge in [-0.1, -0.05) is 0 Å². The highest BCUT2D eigenvalue weighted by atomic mass is 32.2. The summed E-state index contributed by atoms with van der Waals surface area (Å²) in [5.41, 5.74) is 5.39. The Hall–Kier alpha value is -2.17. The second kappa shape index (κ2) is 8.47. The molecule has 1 aromatic carbocycles. The van der Waals surface area contributed by atoms with Gasteiger partial charge in [-0.05, 0) is 30.7 Å². The molecular formula is C16H23N3O6S. The standard InChI is InChI=1S/C16H23N3O6S/c1-25-12-2-4-13(5-3-12)26(23,24)19-10-8-18(9-11-19)15(20)7-6-14(17)16(21)22/h2-5,14H,6-11,17H2,1H3,(H,21,22)/t14-/m0/s1. The quantitative estimate of drug-likeness (QED) is 0.660. The normalized spacial score (nSPS) is 16.9. The van der Waals surface area contributed by atoms with Crippen molar-refractivity contribution in [3.05, 3.63) is 24.3 Å². The number of rotatable bonds is 7. The number of ether oxygens (including phenoxy) is 1. The van der Waals surface area contributed by atoms with Crippen molar-refractivity contribution >= 4 is 21.9 Å². The third-order valence-corrected chi connectivity index (χ3v) is 6.19. The van der Waals surface area contributed by atoms with Gasteiger partial charge in [0.25, 0.3) is 0 Å². The van der Waals surface area contributed by atoms with Crippen LogP contribution in [0.15, 0.2) is 29.2 Å². The summed E-state index contributed by atoms with van der Waals surface area (Å²) in [6, 6.07) is 5.06. The number of amides is 1. The van der Waals surface area contributed by atoms with Crippen LogP contribution in [0.4, 0.5) is 0 Å². The van der Waals surface area contributed by atoms with E-state index in [4.69, 9.17) is 15.6 Å². The molecule has 26 heavy (non-hydrogen) atoms. The van der Waals surface area contributed by atoms with Crippen LogP contribution in [0.2, 0.25) is 0 Å². The molecule has 0 saturated carbocycles. The van der Waals surface area contributed by atoms with E-state index in [0.29, 0.717) is 5.75 Å². The molecule has 0 aliphatic carbocycles. The maximum Gasteiger partial charge on any atom is 0.320 e. The largest absolute Gasteiger partial charge is 0.497 e. The van der Waals surface area contributed by atoms with Crippen molar-refractivity contribution < 1.29 is 27.9 Å². The van der Waals surface area contributed by atoms with Crippen LogP contribution in [-0.4, -0.2) is 73.9 Å². The Morgan fingerprint density at radius 3 is 2.27 bits per heavy atom. The molecule has 1 amide bonds. The maximum atomic E-state index is 12.7. The van der Waals surface area contributed by atoms with Crippen LogP contribution < -0.4 is 10.5 Å². The summed E-state index contributed by atoms with van der Waals surface area (Å²) in [5.74, 6) is -0.796. The lowest BCUT2D eigenvalue weighted by atomic mass is 10.1. The van der Waals surface area contributed by atoms with Crippen molar-refractivity contribution in [1.29, 1.82) is 0 Å². The van der Waals surface area contributed by atoms with E-state index < -0.39 is 22.0 Å². The first-order valence-corrected chi connectivity index (χ1v) is 9.60. The molecule has 2 rings (SSSR count). The molecule has 1 atom stereocenters. The summed E-state index contributed by atoms with van der Waals surface area (Å²) in [6.45, 7) is 0.892. The highest BCUT2D eigenvalue weighted by Gasteiger charge is 2.30. The zero-order valence-corrected chi connectivity index (χ0v) is 15.3. The Kier molecular flexibility index (Phi) is 6.57. The topological polar surface area (TPSA) is 130 Å². The van der Waals surface area contributed by atoms with Gasteiger partial charge in [-0.2, -0.15) is 4.31 Å². The van der Waals surface area contributed by atoms with Gasteiger partial charge >= 0.3 is 5.97 Å². The van der Waals surface area contributed by atoms with Crippen molar-refractivity contribution in [3.63, 3.8) is 0 Å². The summed E-state index contributed by atoms with van der Waals surface area (Å²) in [5, 5.41) is 8.74. The van der Waals surface area contributed by atoms with Gasteiger partial charge < -0.3 is 20.5 Å². The second-order valence-corrected chi connectivity index (χ2v) is 7.88. The van der Waals surface area contributed by atoms with E-state index in [0.717, 1.165) is 0 Å².